The van der Waals surface area contributed by atoms with Crippen molar-refractivity contribution in [3.05, 3.63) is 76.7 Å². The molecule has 0 spiro atoms. The highest BCUT2D eigenvalue weighted by Crippen LogP contribution is 2.34. The van der Waals surface area contributed by atoms with E-state index in [1.165, 1.54) is 4.90 Å². The van der Waals surface area contributed by atoms with Crippen LogP contribution in [-0.2, 0) is 11.3 Å². The van der Waals surface area contributed by atoms with Crippen LogP contribution in [0.1, 0.15) is 50.6 Å². The number of carbonyl (C=O) groups excluding carboxylic acids is 3. The lowest BCUT2D eigenvalue weighted by molar-refractivity contribution is -0.121. The number of carbonyl (C=O) groups is 3. The van der Waals surface area contributed by atoms with Crippen LogP contribution in [0.3, 0.4) is 0 Å². The van der Waals surface area contributed by atoms with E-state index in [0.29, 0.717) is 28.5 Å². The molecule has 0 bridgehead atoms. The van der Waals surface area contributed by atoms with Crippen LogP contribution in [0.4, 0.5) is 5.69 Å². The zero-order chi connectivity index (χ0) is 24.5. The van der Waals surface area contributed by atoms with Gasteiger partial charge in [-0.3, -0.25) is 19.3 Å². The summed E-state index contributed by atoms with van der Waals surface area (Å²) in [5.41, 5.74) is 2.95. The van der Waals surface area contributed by atoms with Crippen molar-refractivity contribution >= 4 is 23.3 Å². The maximum atomic E-state index is 12.9. The fourth-order valence-corrected chi connectivity index (χ4v) is 3.96. The van der Waals surface area contributed by atoms with Crippen LogP contribution in [0.2, 0.25) is 0 Å². The van der Waals surface area contributed by atoms with Gasteiger partial charge in [0.15, 0.2) is 24.8 Å². The number of hydrogen-bond donors (Lipinski definition) is 1. The lowest BCUT2D eigenvalue weighted by atomic mass is 10.1. The molecule has 8 heteroatoms. The predicted octanol–water partition coefficient (Wildman–Crippen LogP) is 3.98. The van der Waals surface area contributed by atoms with Gasteiger partial charge in [-0.2, -0.15) is 0 Å². The summed E-state index contributed by atoms with van der Waals surface area (Å²) in [6.07, 6.45) is 1.96. The number of nitrogens with zero attached hydrogens (tertiary/aromatic N) is 1. The normalized spacial score (nSPS) is 14.8. The first-order valence-corrected chi connectivity index (χ1v) is 11.6. The third-order valence-electron chi connectivity index (χ3n) is 6.03. The van der Waals surface area contributed by atoms with E-state index in [2.05, 4.69) is 5.32 Å². The van der Waals surface area contributed by atoms with Crippen LogP contribution in [0.15, 0.2) is 52.9 Å². The summed E-state index contributed by atoms with van der Waals surface area (Å²) in [5.74, 6) is 1.07. The summed E-state index contributed by atoms with van der Waals surface area (Å²) < 4.78 is 17.0. The standard InChI is InChI=1S/C27H26N2O6/c1-16-3-8-23(17(2)11-16)33-14-22(30)18-4-9-24-21(12-18)29(26(31)15-34-24)13-20-7-10-25(35-20)27(32)28-19-5-6-19/h3-4,7-12,19H,5-6,13-15H2,1-2H3,(H,28,32). The largest absolute Gasteiger partial charge is 0.485 e. The van der Waals surface area contributed by atoms with Gasteiger partial charge in [-0.05, 0) is 68.7 Å². The highest BCUT2D eigenvalue weighted by atomic mass is 16.5. The van der Waals surface area contributed by atoms with Gasteiger partial charge >= 0.3 is 0 Å². The Morgan fingerprint density at radius 3 is 2.69 bits per heavy atom. The summed E-state index contributed by atoms with van der Waals surface area (Å²) in [4.78, 5) is 39.3. The Bertz CT molecular complexity index is 1310. The minimum atomic E-state index is -0.269. The number of benzene rings is 2. The predicted molar refractivity (Wildman–Crippen MR) is 128 cm³/mol. The highest BCUT2D eigenvalue weighted by molar-refractivity contribution is 6.02. The quantitative estimate of drug-likeness (QED) is 0.496. The fourth-order valence-electron chi connectivity index (χ4n) is 3.96. The number of anilines is 1. The zero-order valence-electron chi connectivity index (χ0n) is 19.6. The topological polar surface area (TPSA) is 98.1 Å². The zero-order valence-corrected chi connectivity index (χ0v) is 19.6. The molecule has 3 aromatic rings. The van der Waals surface area contributed by atoms with Crippen molar-refractivity contribution in [2.24, 2.45) is 0 Å². The molecule has 1 aromatic heterocycles. The van der Waals surface area contributed by atoms with Gasteiger partial charge in [0.25, 0.3) is 11.8 Å². The van der Waals surface area contributed by atoms with Crippen LogP contribution in [0, 0.1) is 13.8 Å². The average molecular weight is 475 g/mol. The number of Topliss-reactive ketones (excluding diaryl/α,β-unsaturated/α-hetero) is 1. The lowest BCUT2D eigenvalue weighted by Crippen LogP contribution is -2.38. The van der Waals surface area contributed by atoms with Gasteiger partial charge < -0.3 is 19.2 Å². The van der Waals surface area contributed by atoms with Crippen molar-refractivity contribution in [2.75, 3.05) is 18.1 Å². The van der Waals surface area contributed by atoms with Gasteiger partial charge in [0.2, 0.25) is 0 Å². The van der Waals surface area contributed by atoms with Crippen LogP contribution >= 0.6 is 0 Å². The number of rotatable bonds is 8. The molecule has 1 aliphatic carbocycles. The van der Waals surface area contributed by atoms with Crippen molar-refractivity contribution < 1.29 is 28.3 Å². The smallest absolute Gasteiger partial charge is 0.287 e. The molecule has 1 N–H and O–H groups in total. The summed E-state index contributed by atoms with van der Waals surface area (Å²) in [5, 5.41) is 2.88. The maximum absolute atomic E-state index is 12.9. The van der Waals surface area contributed by atoms with Crippen LogP contribution < -0.4 is 19.7 Å². The summed E-state index contributed by atoms with van der Waals surface area (Å²) in [6.45, 7) is 3.79. The lowest BCUT2D eigenvalue weighted by Gasteiger charge is -2.29. The van der Waals surface area contributed by atoms with E-state index in [9.17, 15) is 14.4 Å². The number of ether oxygens (including phenoxy) is 2. The minimum Gasteiger partial charge on any atom is -0.485 e. The van der Waals surface area contributed by atoms with Gasteiger partial charge in [-0.25, -0.2) is 0 Å². The number of aryl methyl sites for hydroxylation is 2. The van der Waals surface area contributed by atoms with Gasteiger partial charge in [-0.1, -0.05) is 17.7 Å². The molecule has 0 unspecified atom stereocenters. The molecule has 0 atom stereocenters. The third-order valence-corrected chi connectivity index (χ3v) is 6.03. The average Bonchev–Trinajstić information content (AvgIpc) is 3.53. The number of ketones is 1. The van der Waals surface area contributed by atoms with E-state index < -0.39 is 0 Å². The molecular weight excluding hydrogens is 448 g/mol. The van der Waals surface area contributed by atoms with Crippen LogP contribution in [0.25, 0.3) is 0 Å². The molecule has 2 heterocycles. The van der Waals surface area contributed by atoms with E-state index in [0.717, 1.165) is 24.0 Å². The van der Waals surface area contributed by atoms with Crippen molar-refractivity contribution in [2.45, 2.75) is 39.3 Å². The summed E-state index contributed by atoms with van der Waals surface area (Å²) in [7, 11) is 0. The Morgan fingerprint density at radius 2 is 1.91 bits per heavy atom. The monoisotopic (exact) mass is 474 g/mol. The maximum Gasteiger partial charge on any atom is 0.287 e. The molecule has 2 aromatic carbocycles. The van der Waals surface area contributed by atoms with E-state index in [1.807, 2.05) is 32.0 Å². The van der Waals surface area contributed by atoms with Gasteiger partial charge in [-0.15, -0.1) is 0 Å². The van der Waals surface area contributed by atoms with Crippen molar-refractivity contribution in [3.8, 4) is 11.5 Å². The van der Waals surface area contributed by atoms with Gasteiger partial charge in [0.1, 0.15) is 17.3 Å². The first-order valence-electron chi connectivity index (χ1n) is 11.6. The number of nitrogens with one attached hydrogen (secondary N) is 1. The van der Waals surface area contributed by atoms with E-state index in [1.54, 1.807) is 30.3 Å². The number of hydrogen-bond acceptors (Lipinski definition) is 6. The van der Waals surface area contributed by atoms with Crippen molar-refractivity contribution in [1.82, 2.24) is 5.32 Å². The Morgan fingerprint density at radius 1 is 1.09 bits per heavy atom. The molecule has 8 nitrogen and oxygen atoms in total. The summed E-state index contributed by atoms with van der Waals surface area (Å²) in [6, 6.07) is 14.2. The molecule has 0 radical (unpaired) electrons. The molecular formula is C27H26N2O6. The van der Waals surface area contributed by atoms with Crippen LogP contribution in [-0.4, -0.2) is 36.9 Å². The second-order valence-electron chi connectivity index (χ2n) is 8.95. The number of amides is 2. The SMILES string of the molecule is Cc1ccc(OCC(=O)c2ccc3c(c2)N(Cc2ccc(C(=O)NC4CC4)o2)C(=O)CO3)c(C)c1. The third kappa shape index (κ3) is 5.06. The molecule has 2 aliphatic rings. The molecule has 1 saturated carbocycles. The van der Waals surface area contributed by atoms with E-state index in [-0.39, 0.29) is 49.2 Å². The Labute approximate surface area is 202 Å². The second kappa shape index (κ2) is 9.29. The molecule has 2 amide bonds. The first kappa shape index (κ1) is 22.7. The Balaban J connectivity index is 1.31. The fraction of sp³-hybridized carbons (Fsp3) is 0.296. The van der Waals surface area contributed by atoms with E-state index >= 15 is 0 Å². The molecule has 35 heavy (non-hydrogen) atoms. The van der Waals surface area contributed by atoms with Gasteiger partial charge in [0.05, 0.1) is 12.2 Å². The Kier molecular flexibility index (Phi) is 6.03. The minimum absolute atomic E-state index is 0.114. The van der Waals surface area contributed by atoms with E-state index in [4.69, 9.17) is 13.9 Å². The molecule has 180 valence electrons. The number of furan rings is 1. The molecule has 1 aliphatic heterocycles. The van der Waals surface area contributed by atoms with Crippen molar-refractivity contribution in [1.29, 1.82) is 0 Å². The molecule has 0 saturated heterocycles. The Hall–Kier alpha value is -4.07. The van der Waals surface area contributed by atoms with Crippen LogP contribution in [0.5, 0.6) is 11.5 Å². The second-order valence-corrected chi connectivity index (χ2v) is 8.95. The summed E-state index contributed by atoms with van der Waals surface area (Å²) >= 11 is 0. The molecule has 1 fully saturated rings. The highest BCUT2D eigenvalue weighted by Gasteiger charge is 2.29. The number of fused-ring (bicyclic) bond motifs is 1. The van der Waals surface area contributed by atoms with Gasteiger partial charge in [0, 0.05) is 11.6 Å². The molecule has 5 rings (SSSR count). The van der Waals surface area contributed by atoms with Crippen molar-refractivity contribution in [3.63, 3.8) is 0 Å². The first-order chi connectivity index (χ1) is 16.9.